The number of nitrogens with zero attached hydrogens (tertiary/aromatic N) is 2. The molecule has 132 valence electrons. The number of pyridine rings is 1. The summed E-state index contributed by atoms with van der Waals surface area (Å²) in [6, 6.07) is 7.92. The number of anilines is 2. The van der Waals surface area contributed by atoms with Crippen molar-refractivity contribution >= 4 is 17.4 Å². The lowest BCUT2D eigenvalue weighted by atomic mass is 9.82. The third kappa shape index (κ3) is 3.04. The summed E-state index contributed by atoms with van der Waals surface area (Å²) in [7, 11) is 1.58. The van der Waals surface area contributed by atoms with Gasteiger partial charge in [0.15, 0.2) is 11.6 Å². The van der Waals surface area contributed by atoms with Crippen molar-refractivity contribution in [1.29, 1.82) is 0 Å². The number of methoxy groups -OCH3 is 1. The van der Waals surface area contributed by atoms with Crippen LogP contribution in [0.15, 0.2) is 36.5 Å². The molecule has 0 radical (unpaired) electrons. The zero-order valence-electron chi connectivity index (χ0n) is 14.8. The van der Waals surface area contributed by atoms with Gasteiger partial charge in [0.25, 0.3) is 0 Å². The van der Waals surface area contributed by atoms with Crippen LogP contribution in [0.4, 0.5) is 15.9 Å². The first-order valence-corrected chi connectivity index (χ1v) is 8.28. The first-order valence-electron chi connectivity index (χ1n) is 8.28. The predicted octanol–water partition coefficient (Wildman–Crippen LogP) is 3.77. The van der Waals surface area contributed by atoms with Crippen LogP contribution < -0.4 is 15.0 Å². The van der Waals surface area contributed by atoms with E-state index in [1.807, 2.05) is 19.9 Å². The lowest BCUT2D eigenvalue weighted by Gasteiger charge is -2.44. The zero-order chi connectivity index (χ0) is 18.1. The highest BCUT2D eigenvalue weighted by atomic mass is 19.1. The van der Waals surface area contributed by atoms with E-state index in [0.717, 1.165) is 11.3 Å². The molecule has 1 aromatic heterocycles. The van der Waals surface area contributed by atoms with Crippen molar-refractivity contribution in [3.05, 3.63) is 47.9 Å². The summed E-state index contributed by atoms with van der Waals surface area (Å²) >= 11 is 0. The summed E-state index contributed by atoms with van der Waals surface area (Å²) in [6.45, 7) is 5.58. The first-order chi connectivity index (χ1) is 11.9. The van der Waals surface area contributed by atoms with Gasteiger partial charge in [-0.1, -0.05) is 6.92 Å². The van der Waals surface area contributed by atoms with E-state index in [1.54, 1.807) is 30.3 Å². The molecular formula is C19H22FN3O2. The van der Waals surface area contributed by atoms with E-state index < -0.39 is 0 Å². The van der Waals surface area contributed by atoms with Gasteiger partial charge in [0.05, 0.1) is 13.2 Å². The fourth-order valence-electron chi connectivity index (χ4n) is 3.49. The van der Waals surface area contributed by atoms with Crippen LogP contribution in [0.25, 0.3) is 0 Å². The highest BCUT2D eigenvalue weighted by molar-refractivity contribution is 5.94. The topological polar surface area (TPSA) is 54.5 Å². The molecule has 0 aliphatic carbocycles. The number of halogens is 1. The second kappa shape index (κ2) is 6.70. The van der Waals surface area contributed by atoms with Crippen LogP contribution in [0, 0.1) is 11.7 Å². The quantitative estimate of drug-likeness (QED) is 0.922. The third-order valence-corrected chi connectivity index (χ3v) is 4.90. The number of rotatable bonds is 3. The molecule has 6 heteroatoms. The lowest BCUT2D eigenvalue weighted by molar-refractivity contribution is -0.117. The molecule has 5 nitrogen and oxygen atoms in total. The molecule has 0 bridgehead atoms. The van der Waals surface area contributed by atoms with Gasteiger partial charge in [-0.25, -0.2) is 9.37 Å². The second-order valence-corrected chi connectivity index (χ2v) is 6.37. The Balaban J connectivity index is 2.08. The Kier molecular flexibility index (Phi) is 4.61. The van der Waals surface area contributed by atoms with E-state index in [1.165, 1.54) is 19.1 Å². The first kappa shape index (κ1) is 17.2. The van der Waals surface area contributed by atoms with Crippen LogP contribution in [-0.2, 0) is 4.79 Å². The number of amides is 1. The Morgan fingerprint density at radius 2 is 2.08 bits per heavy atom. The molecule has 0 fully saturated rings. The van der Waals surface area contributed by atoms with Crippen molar-refractivity contribution in [1.82, 2.24) is 4.98 Å². The van der Waals surface area contributed by atoms with Crippen LogP contribution in [0.5, 0.6) is 5.75 Å². The number of carbonyl (C=O) groups is 1. The normalized spacial score (nSPS) is 22.3. The van der Waals surface area contributed by atoms with Crippen LogP contribution in [0.2, 0.25) is 0 Å². The van der Waals surface area contributed by atoms with Crippen molar-refractivity contribution < 1.29 is 13.9 Å². The van der Waals surface area contributed by atoms with Crippen molar-refractivity contribution in [2.24, 2.45) is 5.92 Å². The lowest BCUT2D eigenvalue weighted by Crippen LogP contribution is -2.48. The summed E-state index contributed by atoms with van der Waals surface area (Å²) < 4.78 is 19.3. The van der Waals surface area contributed by atoms with Gasteiger partial charge in [0.1, 0.15) is 5.82 Å². The van der Waals surface area contributed by atoms with E-state index in [-0.39, 0.29) is 29.7 Å². The van der Waals surface area contributed by atoms with E-state index in [4.69, 9.17) is 4.74 Å². The minimum absolute atomic E-state index is 0.0392. The molecule has 2 heterocycles. The summed E-state index contributed by atoms with van der Waals surface area (Å²) in [5, 5.41) is 3.38. The minimum Gasteiger partial charge on any atom is -0.493 e. The van der Waals surface area contributed by atoms with Crippen molar-refractivity contribution in [2.75, 3.05) is 17.3 Å². The van der Waals surface area contributed by atoms with Gasteiger partial charge in [-0.15, -0.1) is 0 Å². The largest absolute Gasteiger partial charge is 0.493 e. The number of ether oxygens (including phenoxy) is 1. The highest BCUT2D eigenvalue weighted by Crippen LogP contribution is 2.43. The number of hydrogen-bond donors (Lipinski definition) is 1. The Bertz CT molecular complexity index is 796. The molecule has 1 aliphatic heterocycles. The average Bonchev–Trinajstić information content (AvgIpc) is 2.59. The van der Waals surface area contributed by atoms with Crippen molar-refractivity contribution in [2.45, 2.75) is 32.9 Å². The van der Waals surface area contributed by atoms with E-state index in [0.29, 0.717) is 11.6 Å². The maximum atomic E-state index is 13.9. The summed E-state index contributed by atoms with van der Waals surface area (Å²) in [4.78, 5) is 18.2. The van der Waals surface area contributed by atoms with Gasteiger partial charge in [-0.3, -0.25) is 4.79 Å². The molecule has 1 N–H and O–H groups in total. The molecule has 3 rings (SSSR count). The molecule has 0 spiro atoms. The fourth-order valence-corrected chi connectivity index (χ4v) is 3.49. The fraction of sp³-hybridized carbons (Fsp3) is 0.368. The molecule has 2 aromatic rings. The third-order valence-electron chi connectivity index (χ3n) is 4.90. The van der Waals surface area contributed by atoms with Gasteiger partial charge in [-0.2, -0.15) is 0 Å². The van der Waals surface area contributed by atoms with Gasteiger partial charge < -0.3 is 15.0 Å². The number of nitrogens with one attached hydrogen (secondary N) is 1. The molecule has 1 aromatic carbocycles. The predicted molar refractivity (Wildman–Crippen MR) is 95.3 cm³/mol. The molecule has 0 unspecified atom stereocenters. The Morgan fingerprint density at radius 1 is 1.32 bits per heavy atom. The summed E-state index contributed by atoms with van der Waals surface area (Å²) in [6.07, 6.45) is 1.68. The molecule has 3 atom stereocenters. The Hall–Kier alpha value is -2.63. The maximum absolute atomic E-state index is 13.9. The van der Waals surface area contributed by atoms with Crippen molar-refractivity contribution in [3.63, 3.8) is 0 Å². The van der Waals surface area contributed by atoms with Crippen LogP contribution in [0.3, 0.4) is 0 Å². The number of hydrogen-bond acceptors (Lipinski definition) is 4. The smallest absolute Gasteiger partial charge is 0.224 e. The van der Waals surface area contributed by atoms with Crippen LogP contribution in [0.1, 0.15) is 32.4 Å². The number of aromatic nitrogens is 1. The van der Waals surface area contributed by atoms with E-state index in [2.05, 4.69) is 10.3 Å². The Morgan fingerprint density at radius 3 is 2.76 bits per heavy atom. The molecule has 1 amide bonds. The maximum Gasteiger partial charge on any atom is 0.224 e. The van der Waals surface area contributed by atoms with E-state index >= 15 is 0 Å². The highest BCUT2D eigenvalue weighted by Gasteiger charge is 2.38. The molecule has 0 saturated heterocycles. The van der Waals surface area contributed by atoms with Gasteiger partial charge in [-0.05, 0) is 37.3 Å². The summed E-state index contributed by atoms with van der Waals surface area (Å²) in [5.41, 5.74) is 1.47. The molecule has 25 heavy (non-hydrogen) atoms. The number of fused-ring (bicyclic) bond motifs is 1. The minimum atomic E-state index is -0.330. The van der Waals surface area contributed by atoms with Crippen LogP contribution in [-0.4, -0.2) is 24.0 Å². The SMILES string of the molecule is COc1cccnc1N[C@H]1c2cc(F)ccc2N(C(C)=O)[C@@H](C)[C@@H]1C. The van der Waals surface area contributed by atoms with Crippen molar-refractivity contribution in [3.8, 4) is 5.75 Å². The molecule has 0 saturated carbocycles. The molecule has 1 aliphatic rings. The monoisotopic (exact) mass is 343 g/mol. The van der Waals surface area contributed by atoms with E-state index in [9.17, 15) is 9.18 Å². The van der Waals surface area contributed by atoms with Crippen LogP contribution >= 0.6 is 0 Å². The summed E-state index contributed by atoms with van der Waals surface area (Å²) in [5.74, 6) is 0.879. The van der Waals surface area contributed by atoms with Gasteiger partial charge in [0.2, 0.25) is 5.91 Å². The van der Waals surface area contributed by atoms with Gasteiger partial charge >= 0.3 is 0 Å². The average molecular weight is 343 g/mol. The standard InChI is InChI=1S/C19H22FN3O2/c1-11-12(2)23(13(3)24)16-8-7-14(20)10-15(16)18(11)22-19-17(25-4)6-5-9-21-19/h5-12,18H,1-4H3,(H,21,22)/t11-,12-,18+/m0/s1. The second-order valence-electron chi connectivity index (χ2n) is 6.37. The van der Waals surface area contributed by atoms with Gasteiger partial charge in [0, 0.05) is 36.3 Å². The number of carbonyl (C=O) groups excluding carboxylic acids is 1. The number of benzene rings is 1. The Labute approximate surface area is 146 Å². The zero-order valence-corrected chi connectivity index (χ0v) is 14.8. The molecular weight excluding hydrogens is 321 g/mol.